The maximum absolute atomic E-state index is 3.96. The summed E-state index contributed by atoms with van der Waals surface area (Å²) in [5, 5.41) is 0. The monoisotopic (exact) mass is 225 g/mol. The summed E-state index contributed by atoms with van der Waals surface area (Å²) in [5.74, 6) is 0.573. The molecule has 0 aliphatic rings. The molecule has 0 aromatic carbocycles. The summed E-state index contributed by atoms with van der Waals surface area (Å²) in [6, 6.07) is 0. The van der Waals surface area contributed by atoms with Gasteiger partial charge in [-0.2, -0.15) is 17.1 Å². The molecule has 1 aromatic heterocycles. The van der Waals surface area contributed by atoms with Gasteiger partial charge in [0.05, 0.1) is 0 Å². The minimum atomic E-state index is 0. The molecule has 3 heteroatoms. The van der Waals surface area contributed by atoms with Gasteiger partial charge in [-0.25, -0.2) is 0 Å². The van der Waals surface area contributed by atoms with E-state index in [1.165, 1.54) is 22.0 Å². The summed E-state index contributed by atoms with van der Waals surface area (Å²) in [4.78, 5) is 1.30. The van der Waals surface area contributed by atoms with Crippen LogP contribution in [-0.4, -0.2) is 4.37 Å². The topological polar surface area (TPSA) is 12.9 Å². The van der Waals surface area contributed by atoms with Gasteiger partial charge in [-0.15, -0.1) is 11.1 Å². The number of nitrogens with zero attached hydrogens (tertiary/aromatic N) is 1. The van der Waals surface area contributed by atoms with Gasteiger partial charge in [0.1, 0.15) is 0 Å². The Labute approximate surface area is 115 Å². The Bertz CT molecular complexity index is 195. The standard InChI is InChI=1S/C7H10NS.Rb/c1-5(2)7-4-8-9-6(7)3;/h5H,1-3H3;/q-1;+1. The van der Waals surface area contributed by atoms with E-state index in [0.717, 1.165) is 0 Å². The molecule has 1 rings (SSSR count). The zero-order chi connectivity index (χ0) is 6.85. The van der Waals surface area contributed by atoms with E-state index in [0.29, 0.717) is 5.92 Å². The fraction of sp³-hybridized carbons (Fsp3) is 0.571. The fourth-order valence-corrected chi connectivity index (χ4v) is 1.46. The van der Waals surface area contributed by atoms with E-state index in [1.54, 1.807) is 0 Å². The Balaban J connectivity index is 0.000000810. The zero-order valence-corrected chi connectivity index (χ0v) is 12.7. The Morgan fingerprint density at radius 1 is 1.50 bits per heavy atom. The van der Waals surface area contributed by atoms with Crippen LogP contribution in [0.4, 0.5) is 0 Å². The molecule has 0 aliphatic heterocycles. The molecule has 0 radical (unpaired) electrons. The van der Waals surface area contributed by atoms with Crippen LogP contribution < -0.4 is 58.2 Å². The quantitative estimate of drug-likeness (QED) is 0.581. The third kappa shape index (κ3) is 2.82. The molecule has 0 saturated carbocycles. The molecule has 10 heavy (non-hydrogen) atoms. The van der Waals surface area contributed by atoms with Crippen molar-refractivity contribution in [2.24, 2.45) is 0 Å². The average molecular weight is 226 g/mol. The number of rotatable bonds is 1. The van der Waals surface area contributed by atoms with Crippen LogP contribution in [0.5, 0.6) is 0 Å². The number of hydrogen-bond donors (Lipinski definition) is 0. The predicted molar refractivity (Wildman–Crippen MR) is 39.8 cm³/mol. The zero-order valence-electron chi connectivity index (χ0n) is 6.93. The van der Waals surface area contributed by atoms with Crippen LogP contribution >= 0.6 is 11.5 Å². The van der Waals surface area contributed by atoms with Crippen LogP contribution in [-0.2, 0) is 0 Å². The molecule has 1 heterocycles. The summed E-state index contributed by atoms with van der Waals surface area (Å²) in [5.41, 5.74) is 1.26. The van der Waals surface area contributed by atoms with Crippen LogP contribution in [0.1, 0.15) is 30.2 Å². The van der Waals surface area contributed by atoms with Gasteiger partial charge in [-0.05, 0) is 0 Å². The van der Waals surface area contributed by atoms with Crippen molar-refractivity contribution in [2.45, 2.75) is 26.7 Å². The predicted octanol–water partition coefficient (Wildman–Crippen LogP) is -0.621. The SMILES string of the molecule is Cc1sn[c-]c1C(C)C.[Rb+]. The van der Waals surface area contributed by atoms with Crippen LogP contribution in [0.2, 0.25) is 0 Å². The first-order chi connectivity index (χ1) is 4.22. The van der Waals surface area contributed by atoms with Crippen LogP contribution in [0.15, 0.2) is 0 Å². The van der Waals surface area contributed by atoms with Crippen molar-refractivity contribution < 1.29 is 58.2 Å². The molecular formula is C7H10NRbS. The van der Waals surface area contributed by atoms with Crippen molar-refractivity contribution in [2.75, 3.05) is 0 Å². The van der Waals surface area contributed by atoms with Crippen molar-refractivity contribution in [1.82, 2.24) is 4.37 Å². The van der Waals surface area contributed by atoms with E-state index in [4.69, 9.17) is 0 Å². The van der Waals surface area contributed by atoms with Gasteiger partial charge in [-0.3, -0.25) is 0 Å². The molecule has 0 saturated heterocycles. The van der Waals surface area contributed by atoms with E-state index in [9.17, 15) is 0 Å². The minimum Gasteiger partial charge on any atom is -0.324 e. The summed E-state index contributed by atoms with van der Waals surface area (Å²) < 4.78 is 3.96. The van der Waals surface area contributed by atoms with Crippen LogP contribution in [0.3, 0.4) is 0 Å². The minimum absolute atomic E-state index is 0. The van der Waals surface area contributed by atoms with Gasteiger partial charge in [0.25, 0.3) is 0 Å². The molecule has 0 atom stereocenters. The van der Waals surface area contributed by atoms with Crippen molar-refractivity contribution in [1.29, 1.82) is 0 Å². The van der Waals surface area contributed by atoms with E-state index < -0.39 is 0 Å². The van der Waals surface area contributed by atoms with Gasteiger partial charge in [0, 0.05) is 0 Å². The summed E-state index contributed by atoms with van der Waals surface area (Å²) in [7, 11) is 0. The van der Waals surface area contributed by atoms with Crippen molar-refractivity contribution in [3.63, 3.8) is 0 Å². The van der Waals surface area contributed by atoms with Crippen molar-refractivity contribution in [3.8, 4) is 0 Å². The van der Waals surface area contributed by atoms with Gasteiger partial charge < -0.3 is 4.37 Å². The first-order valence-corrected chi connectivity index (χ1v) is 3.83. The Morgan fingerprint density at radius 3 is 2.30 bits per heavy atom. The summed E-state index contributed by atoms with van der Waals surface area (Å²) >= 11 is 1.53. The van der Waals surface area contributed by atoms with Crippen molar-refractivity contribution >= 4 is 11.5 Å². The second-order valence-corrected chi connectivity index (χ2v) is 3.40. The van der Waals surface area contributed by atoms with Crippen molar-refractivity contribution in [3.05, 3.63) is 16.6 Å². The molecule has 0 bridgehead atoms. The fourth-order valence-electron chi connectivity index (χ4n) is 0.804. The average Bonchev–Trinajstić information content (AvgIpc) is 2.13. The van der Waals surface area contributed by atoms with E-state index in [1.807, 2.05) is 0 Å². The van der Waals surface area contributed by atoms with Gasteiger partial charge in [-0.1, -0.05) is 26.7 Å². The second kappa shape index (κ2) is 5.15. The Kier molecular flexibility index (Phi) is 5.89. The maximum Gasteiger partial charge on any atom is 1.00 e. The molecule has 0 aliphatic carbocycles. The molecule has 1 aromatic rings. The molecule has 0 amide bonds. The Hall–Kier alpha value is 1.44. The smallest absolute Gasteiger partial charge is 0.324 e. The largest absolute Gasteiger partial charge is 1.00 e. The molecule has 0 fully saturated rings. The summed E-state index contributed by atoms with van der Waals surface area (Å²) in [6.07, 6.45) is 2.97. The number of aryl methyl sites for hydroxylation is 1. The first-order valence-electron chi connectivity index (χ1n) is 3.05. The number of hydrogen-bond acceptors (Lipinski definition) is 2. The summed E-state index contributed by atoms with van der Waals surface area (Å²) in [6.45, 7) is 6.41. The Morgan fingerprint density at radius 2 is 2.10 bits per heavy atom. The molecule has 50 valence electrons. The second-order valence-electron chi connectivity index (χ2n) is 2.42. The van der Waals surface area contributed by atoms with E-state index in [2.05, 4.69) is 31.3 Å². The van der Waals surface area contributed by atoms with E-state index >= 15 is 0 Å². The molecule has 0 unspecified atom stereocenters. The first kappa shape index (κ1) is 11.4. The third-order valence-corrected chi connectivity index (χ3v) is 1.98. The van der Waals surface area contributed by atoms with E-state index in [-0.39, 0.29) is 58.2 Å². The molecule has 0 N–H and O–H groups in total. The van der Waals surface area contributed by atoms with Crippen LogP contribution in [0, 0.1) is 13.1 Å². The normalized spacial score (nSPS) is 9.60. The molecule has 0 spiro atoms. The number of aromatic nitrogens is 1. The molecule has 1 nitrogen and oxygen atoms in total. The van der Waals surface area contributed by atoms with Gasteiger partial charge in [0.15, 0.2) is 0 Å². The maximum atomic E-state index is 3.96. The van der Waals surface area contributed by atoms with Crippen LogP contribution in [0.25, 0.3) is 0 Å². The van der Waals surface area contributed by atoms with Gasteiger partial charge in [0.2, 0.25) is 0 Å². The molecular weight excluding hydrogens is 216 g/mol. The third-order valence-electron chi connectivity index (χ3n) is 1.31. The van der Waals surface area contributed by atoms with Gasteiger partial charge >= 0.3 is 58.2 Å².